The summed E-state index contributed by atoms with van der Waals surface area (Å²) in [5.41, 5.74) is 22.9. The molecule has 3 heterocycles. The molecule has 12 aromatic rings. The summed E-state index contributed by atoms with van der Waals surface area (Å²) in [4.78, 5) is 9.37. The van der Waals surface area contributed by atoms with Crippen molar-refractivity contribution in [3.05, 3.63) is 253 Å². The van der Waals surface area contributed by atoms with E-state index in [-0.39, 0.29) is 10.8 Å². The molecule has 0 amide bonds. The number of anilines is 6. The van der Waals surface area contributed by atoms with Crippen LogP contribution in [-0.4, -0.2) is 8.75 Å². The van der Waals surface area contributed by atoms with Gasteiger partial charge in [-0.15, -0.1) is 22.7 Å². The monoisotopic (exact) mass is 1080 g/mol. The topological polar surface area (TPSA) is 32.3 Å². The maximum atomic E-state index is 5.19. The maximum absolute atomic E-state index is 5.19. The summed E-state index contributed by atoms with van der Waals surface area (Å²) in [5.74, 6) is 0. The molecular formula is C72H62N4S3. The van der Waals surface area contributed by atoms with E-state index in [1.54, 1.807) is 0 Å². The van der Waals surface area contributed by atoms with Crippen molar-refractivity contribution in [2.45, 2.75) is 66.2 Å². The molecule has 0 saturated heterocycles. The van der Waals surface area contributed by atoms with Gasteiger partial charge in [-0.1, -0.05) is 186 Å². The average molecular weight is 1080 g/mol. The van der Waals surface area contributed by atoms with Crippen molar-refractivity contribution in [1.29, 1.82) is 0 Å². The molecule has 388 valence electrons. The second-order valence-electron chi connectivity index (χ2n) is 22.6. The average Bonchev–Trinajstić information content (AvgIpc) is 4.43. The van der Waals surface area contributed by atoms with Crippen LogP contribution in [0.4, 0.5) is 34.1 Å². The summed E-state index contributed by atoms with van der Waals surface area (Å²) in [6, 6.07) is 84.6. The van der Waals surface area contributed by atoms with E-state index in [1.807, 2.05) is 22.7 Å². The largest absolute Gasteiger partial charge is 0.311 e. The Morgan fingerprint density at radius 1 is 0.291 bits per heavy atom. The van der Waals surface area contributed by atoms with Crippen LogP contribution in [0.1, 0.15) is 63.8 Å². The van der Waals surface area contributed by atoms with Gasteiger partial charge in [0.2, 0.25) is 0 Å². The van der Waals surface area contributed by atoms with Crippen LogP contribution in [-0.2, 0) is 10.8 Å². The number of rotatable bonds is 12. The number of hydrogen-bond acceptors (Lipinski definition) is 7. The van der Waals surface area contributed by atoms with Crippen molar-refractivity contribution in [2.75, 3.05) is 9.80 Å². The molecule has 0 bridgehead atoms. The third-order valence-electron chi connectivity index (χ3n) is 14.9. The summed E-state index contributed by atoms with van der Waals surface area (Å²) in [6.07, 6.45) is 0. The first kappa shape index (κ1) is 51.6. The third kappa shape index (κ3) is 10.4. The van der Waals surface area contributed by atoms with Gasteiger partial charge in [0.1, 0.15) is 11.0 Å². The number of aryl methyl sites for hydroxylation is 2. The zero-order chi connectivity index (χ0) is 54.4. The lowest BCUT2D eigenvalue weighted by Crippen LogP contribution is -2.13. The Labute approximate surface area is 477 Å². The Morgan fingerprint density at radius 3 is 0.899 bits per heavy atom. The fourth-order valence-electron chi connectivity index (χ4n) is 10.6. The molecule has 0 aliphatic heterocycles. The predicted molar refractivity (Wildman–Crippen MR) is 342 cm³/mol. The van der Waals surface area contributed by atoms with Crippen LogP contribution in [0.2, 0.25) is 0 Å². The van der Waals surface area contributed by atoms with Gasteiger partial charge in [-0.3, -0.25) is 0 Å². The van der Waals surface area contributed by atoms with Crippen molar-refractivity contribution < 1.29 is 0 Å². The van der Waals surface area contributed by atoms with E-state index in [9.17, 15) is 0 Å². The van der Waals surface area contributed by atoms with Gasteiger partial charge >= 0.3 is 0 Å². The second-order valence-corrected chi connectivity index (χ2v) is 25.2. The molecule has 0 fully saturated rings. The van der Waals surface area contributed by atoms with Gasteiger partial charge < -0.3 is 9.80 Å². The SMILES string of the molecule is Cc1ccc(N(c2ccc(-c3ccc(-c4c(-c5ccccc5)c(-c5ccccc5)c(-c5ccc(-c6ccc(N(c7ccc(C)cc7)c7ccc(C(C)(C)C)cc7)cc6)s5)c5nsnc45)s3)cc2)c2ccc(C(C)(C)C)cc2)cc1. The van der Waals surface area contributed by atoms with E-state index < -0.39 is 0 Å². The fourth-order valence-corrected chi connectivity index (χ4v) is 13.3. The minimum atomic E-state index is 0.0693. The van der Waals surface area contributed by atoms with E-state index in [2.05, 4.69) is 296 Å². The minimum Gasteiger partial charge on any atom is -0.311 e. The molecule has 12 rings (SSSR count). The molecular weight excluding hydrogens is 1020 g/mol. The van der Waals surface area contributed by atoms with Crippen LogP contribution in [0.3, 0.4) is 0 Å². The van der Waals surface area contributed by atoms with E-state index in [4.69, 9.17) is 8.75 Å². The van der Waals surface area contributed by atoms with Crippen LogP contribution < -0.4 is 9.80 Å². The highest BCUT2D eigenvalue weighted by Crippen LogP contribution is 2.54. The summed E-state index contributed by atoms with van der Waals surface area (Å²) < 4.78 is 10.4. The highest BCUT2D eigenvalue weighted by Gasteiger charge is 2.29. The second kappa shape index (κ2) is 21.2. The number of aromatic nitrogens is 2. The zero-order valence-electron chi connectivity index (χ0n) is 46.0. The lowest BCUT2D eigenvalue weighted by molar-refractivity contribution is 0.590. The number of fused-ring (bicyclic) bond motifs is 1. The van der Waals surface area contributed by atoms with Crippen molar-refractivity contribution >= 4 is 79.6 Å². The Bertz CT molecular complexity index is 3780. The molecule has 0 N–H and O–H groups in total. The first-order valence-electron chi connectivity index (χ1n) is 27.0. The summed E-state index contributed by atoms with van der Waals surface area (Å²) in [6.45, 7) is 17.9. The number of hydrogen-bond donors (Lipinski definition) is 0. The van der Waals surface area contributed by atoms with E-state index in [0.29, 0.717) is 0 Å². The Balaban J connectivity index is 0.935. The van der Waals surface area contributed by atoms with Crippen molar-refractivity contribution in [3.63, 3.8) is 0 Å². The summed E-state index contributed by atoms with van der Waals surface area (Å²) in [5, 5.41) is 0. The molecule has 9 aromatic carbocycles. The maximum Gasteiger partial charge on any atom is 0.114 e. The molecule has 0 aliphatic rings. The van der Waals surface area contributed by atoms with Gasteiger partial charge in [-0.05, 0) is 155 Å². The molecule has 0 radical (unpaired) electrons. The summed E-state index contributed by atoms with van der Waals surface area (Å²) in [7, 11) is 0. The van der Waals surface area contributed by atoms with Crippen LogP contribution >= 0.6 is 34.4 Å². The van der Waals surface area contributed by atoms with Crippen LogP contribution in [0.25, 0.3) is 75.0 Å². The van der Waals surface area contributed by atoms with Crippen LogP contribution in [0, 0.1) is 13.8 Å². The highest BCUT2D eigenvalue weighted by molar-refractivity contribution is 7.19. The molecule has 0 spiro atoms. The molecule has 4 nitrogen and oxygen atoms in total. The lowest BCUT2D eigenvalue weighted by Gasteiger charge is -2.27. The van der Waals surface area contributed by atoms with Gasteiger partial charge in [0, 0.05) is 75.9 Å². The molecule has 79 heavy (non-hydrogen) atoms. The number of thiophene rings is 2. The predicted octanol–water partition coefficient (Wildman–Crippen LogP) is 22.0. The van der Waals surface area contributed by atoms with Crippen LogP contribution in [0.15, 0.2) is 231 Å². The van der Waals surface area contributed by atoms with E-state index in [0.717, 1.165) is 99.4 Å². The molecule has 7 heteroatoms. The van der Waals surface area contributed by atoms with Gasteiger partial charge in [0.05, 0.1) is 11.7 Å². The first-order chi connectivity index (χ1) is 38.2. The molecule has 0 unspecified atom stereocenters. The lowest BCUT2D eigenvalue weighted by atomic mass is 9.84. The third-order valence-corrected chi connectivity index (χ3v) is 17.8. The highest BCUT2D eigenvalue weighted by atomic mass is 32.1. The Hall–Kier alpha value is -8.20. The first-order valence-corrected chi connectivity index (χ1v) is 29.4. The molecule has 0 aliphatic carbocycles. The van der Waals surface area contributed by atoms with Gasteiger partial charge in [0.25, 0.3) is 0 Å². The van der Waals surface area contributed by atoms with Gasteiger partial charge in [-0.25, -0.2) is 0 Å². The van der Waals surface area contributed by atoms with E-state index >= 15 is 0 Å². The fraction of sp³-hybridized carbons (Fsp3) is 0.139. The molecule has 3 aromatic heterocycles. The quantitative estimate of drug-likeness (QED) is 0.122. The molecule has 0 atom stereocenters. The van der Waals surface area contributed by atoms with Crippen molar-refractivity contribution in [2.24, 2.45) is 0 Å². The van der Waals surface area contributed by atoms with Crippen LogP contribution in [0.5, 0.6) is 0 Å². The minimum absolute atomic E-state index is 0.0693. The van der Waals surface area contributed by atoms with E-state index in [1.165, 1.54) is 43.7 Å². The smallest absolute Gasteiger partial charge is 0.114 e. The number of benzene rings is 9. The van der Waals surface area contributed by atoms with Crippen molar-refractivity contribution in [1.82, 2.24) is 8.75 Å². The van der Waals surface area contributed by atoms with Gasteiger partial charge in [0.15, 0.2) is 0 Å². The Kier molecular flexibility index (Phi) is 13.8. The van der Waals surface area contributed by atoms with Gasteiger partial charge in [-0.2, -0.15) is 8.75 Å². The molecule has 0 saturated carbocycles. The number of nitrogens with zero attached hydrogens (tertiary/aromatic N) is 4. The Morgan fingerprint density at radius 2 is 0.582 bits per heavy atom. The van der Waals surface area contributed by atoms with Crippen molar-refractivity contribution in [3.8, 4) is 64.0 Å². The normalized spacial score (nSPS) is 11.8. The zero-order valence-corrected chi connectivity index (χ0v) is 48.4. The standard InChI is InChI=1S/C72H62N4S3/c1-47-19-31-55(32-20-47)75(59-39-27-53(28-40-59)71(3,4)5)57-35-23-49(24-36-57)61-43-45-63(77-61)67-65(51-15-11-9-12-16-51)66(52-17-13-10-14-18-52)68(70-69(67)73-79-74-70)64-46-44-62(78-64)50-25-37-58(38-26-50)76(56-33-21-48(2)22-34-56)60-41-29-54(30-42-60)72(6,7)8/h9-46H,1-8H3. The summed E-state index contributed by atoms with van der Waals surface area (Å²) >= 11 is 4.91.